The maximum absolute atomic E-state index is 12.5. The molecule has 1 aliphatic heterocycles. The van der Waals surface area contributed by atoms with Crippen LogP contribution in [0.5, 0.6) is 0 Å². The highest BCUT2D eigenvalue weighted by molar-refractivity contribution is 5.74. The van der Waals surface area contributed by atoms with Crippen molar-refractivity contribution in [1.29, 1.82) is 0 Å². The fourth-order valence-corrected chi connectivity index (χ4v) is 3.24. The Morgan fingerprint density at radius 1 is 1.08 bits per heavy atom. The fraction of sp³-hybridized carbons (Fsp3) is 0.350. The van der Waals surface area contributed by atoms with E-state index < -0.39 is 29.9 Å². The molecule has 2 atom stereocenters. The molecule has 26 heavy (non-hydrogen) atoms. The van der Waals surface area contributed by atoms with Crippen molar-refractivity contribution in [3.05, 3.63) is 71.8 Å². The van der Waals surface area contributed by atoms with E-state index in [0.717, 1.165) is 11.1 Å². The smallest absolute Gasteiger partial charge is 0.314 e. The number of hydrogen-bond donors (Lipinski definition) is 2. The monoisotopic (exact) mass is 358 g/mol. The summed E-state index contributed by atoms with van der Waals surface area (Å²) in [6.45, 7) is 1.04. The van der Waals surface area contributed by atoms with Gasteiger partial charge in [0, 0.05) is 6.42 Å². The molecule has 2 aromatic rings. The largest absolute Gasteiger partial charge is 0.466 e. The number of carbonyl (C=O) groups is 1. The summed E-state index contributed by atoms with van der Waals surface area (Å²) in [5.74, 6) is -3.94. The zero-order chi connectivity index (χ0) is 18.6. The Labute approximate surface area is 151 Å². The van der Waals surface area contributed by atoms with Crippen molar-refractivity contribution >= 4 is 5.97 Å². The summed E-state index contributed by atoms with van der Waals surface area (Å²) in [6.07, 6.45) is 0.0525. The molecule has 0 saturated carbocycles. The number of carbonyl (C=O) groups excluding carboxylic acids is 1. The number of esters is 1. The molecular formula is C20H22O6. The van der Waals surface area contributed by atoms with Gasteiger partial charge in [-0.3, -0.25) is 4.79 Å². The van der Waals surface area contributed by atoms with Crippen LogP contribution in [0.3, 0.4) is 0 Å². The Morgan fingerprint density at radius 2 is 1.62 bits per heavy atom. The van der Waals surface area contributed by atoms with Crippen molar-refractivity contribution in [2.24, 2.45) is 5.92 Å². The SMILES string of the molecule is CCOC(=O)C1CC(c2ccccc2)(c2ccccc2)OOC1(O)CO. The summed E-state index contributed by atoms with van der Waals surface area (Å²) in [6, 6.07) is 18.6. The third-order valence-corrected chi connectivity index (χ3v) is 4.64. The Hall–Kier alpha value is -2.25. The van der Waals surface area contributed by atoms with E-state index in [2.05, 4.69) is 0 Å². The van der Waals surface area contributed by atoms with E-state index in [1.807, 2.05) is 60.7 Å². The van der Waals surface area contributed by atoms with Crippen molar-refractivity contribution in [2.75, 3.05) is 13.2 Å². The molecule has 1 fully saturated rings. The quantitative estimate of drug-likeness (QED) is 0.629. The van der Waals surface area contributed by atoms with Gasteiger partial charge in [-0.2, -0.15) is 4.89 Å². The van der Waals surface area contributed by atoms with E-state index in [4.69, 9.17) is 14.5 Å². The van der Waals surface area contributed by atoms with Gasteiger partial charge >= 0.3 is 5.97 Å². The van der Waals surface area contributed by atoms with Crippen LogP contribution in [0.1, 0.15) is 24.5 Å². The molecule has 1 heterocycles. The highest BCUT2D eigenvalue weighted by Crippen LogP contribution is 2.47. The minimum Gasteiger partial charge on any atom is -0.466 e. The zero-order valence-electron chi connectivity index (χ0n) is 14.5. The molecular weight excluding hydrogens is 336 g/mol. The Balaban J connectivity index is 2.09. The van der Waals surface area contributed by atoms with Crippen LogP contribution in [0.15, 0.2) is 60.7 Å². The number of aliphatic hydroxyl groups is 2. The van der Waals surface area contributed by atoms with E-state index in [-0.39, 0.29) is 13.0 Å². The topological polar surface area (TPSA) is 85.2 Å². The predicted molar refractivity (Wildman–Crippen MR) is 92.6 cm³/mol. The summed E-state index contributed by atoms with van der Waals surface area (Å²) in [5, 5.41) is 20.2. The lowest BCUT2D eigenvalue weighted by Crippen LogP contribution is -2.57. The lowest BCUT2D eigenvalue weighted by atomic mass is 9.76. The predicted octanol–water partition coefficient (Wildman–Crippen LogP) is 2.14. The molecule has 2 aromatic carbocycles. The number of hydrogen-bond acceptors (Lipinski definition) is 6. The van der Waals surface area contributed by atoms with E-state index in [9.17, 15) is 15.0 Å². The van der Waals surface area contributed by atoms with Crippen molar-refractivity contribution in [1.82, 2.24) is 0 Å². The zero-order valence-corrected chi connectivity index (χ0v) is 14.5. The van der Waals surface area contributed by atoms with Crippen LogP contribution < -0.4 is 0 Å². The van der Waals surface area contributed by atoms with Gasteiger partial charge in [0.1, 0.15) is 12.5 Å². The molecule has 6 heteroatoms. The third kappa shape index (κ3) is 3.24. The summed E-state index contributed by atoms with van der Waals surface area (Å²) in [4.78, 5) is 23.4. The molecule has 0 aromatic heterocycles. The van der Waals surface area contributed by atoms with Crippen LogP contribution in [0.4, 0.5) is 0 Å². The van der Waals surface area contributed by atoms with Crippen molar-refractivity contribution in [2.45, 2.75) is 24.7 Å². The van der Waals surface area contributed by atoms with Gasteiger partial charge in [-0.15, -0.1) is 0 Å². The molecule has 0 amide bonds. The van der Waals surface area contributed by atoms with Gasteiger partial charge in [-0.25, -0.2) is 4.89 Å². The number of benzene rings is 2. The van der Waals surface area contributed by atoms with Crippen LogP contribution in [-0.4, -0.2) is 35.2 Å². The van der Waals surface area contributed by atoms with Gasteiger partial charge in [0.15, 0.2) is 5.60 Å². The number of rotatable bonds is 5. The average molecular weight is 358 g/mol. The highest BCUT2D eigenvalue weighted by Gasteiger charge is 2.56. The highest BCUT2D eigenvalue weighted by atomic mass is 17.2. The summed E-state index contributed by atoms with van der Waals surface area (Å²) in [7, 11) is 0. The Bertz CT molecular complexity index is 693. The lowest BCUT2D eigenvalue weighted by molar-refractivity contribution is -0.498. The molecule has 0 radical (unpaired) electrons. The van der Waals surface area contributed by atoms with Crippen LogP contribution in [0.25, 0.3) is 0 Å². The molecule has 138 valence electrons. The molecule has 1 saturated heterocycles. The van der Waals surface area contributed by atoms with Crippen LogP contribution in [0.2, 0.25) is 0 Å². The minimum absolute atomic E-state index is 0.0525. The van der Waals surface area contributed by atoms with Gasteiger partial charge in [0.05, 0.1) is 6.61 Å². The second-order valence-electron chi connectivity index (χ2n) is 6.24. The van der Waals surface area contributed by atoms with Crippen LogP contribution >= 0.6 is 0 Å². The molecule has 2 unspecified atom stereocenters. The summed E-state index contributed by atoms with van der Waals surface area (Å²) < 4.78 is 5.10. The first-order valence-corrected chi connectivity index (χ1v) is 8.53. The van der Waals surface area contributed by atoms with Gasteiger partial charge in [0.2, 0.25) is 5.79 Å². The van der Waals surface area contributed by atoms with Gasteiger partial charge < -0.3 is 14.9 Å². The summed E-state index contributed by atoms with van der Waals surface area (Å²) in [5.41, 5.74) is 0.405. The Kier molecular flexibility index (Phi) is 5.38. The number of aliphatic hydroxyl groups excluding tert-OH is 1. The second-order valence-corrected chi connectivity index (χ2v) is 6.24. The van der Waals surface area contributed by atoms with Crippen LogP contribution in [0, 0.1) is 5.92 Å². The molecule has 0 aliphatic carbocycles. The van der Waals surface area contributed by atoms with Crippen molar-refractivity contribution in [3.63, 3.8) is 0 Å². The standard InChI is InChI=1S/C20H22O6/c1-2-24-18(22)17-13-19(15-9-5-3-6-10-15,16-11-7-4-8-12-16)25-26-20(17,23)14-21/h3-12,17,21,23H,2,13-14H2,1H3. The maximum atomic E-state index is 12.5. The summed E-state index contributed by atoms with van der Waals surface area (Å²) >= 11 is 0. The second kappa shape index (κ2) is 7.55. The first-order chi connectivity index (χ1) is 12.6. The molecule has 3 rings (SSSR count). The van der Waals surface area contributed by atoms with Gasteiger partial charge in [-0.1, -0.05) is 60.7 Å². The molecule has 0 bridgehead atoms. The Morgan fingerprint density at radius 3 is 2.08 bits per heavy atom. The maximum Gasteiger partial charge on any atom is 0.314 e. The van der Waals surface area contributed by atoms with E-state index in [1.165, 1.54) is 0 Å². The van der Waals surface area contributed by atoms with Crippen LogP contribution in [-0.2, 0) is 24.9 Å². The van der Waals surface area contributed by atoms with Gasteiger partial charge in [0.25, 0.3) is 0 Å². The molecule has 1 aliphatic rings. The van der Waals surface area contributed by atoms with Crippen molar-refractivity contribution < 1.29 is 29.5 Å². The third-order valence-electron chi connectivity index (χ3n) is 4.64. The lowest BCUT2D eigenvalue weighted by Gasteiger charge is -2.45. The number of ether oxygens (including phenoxy) is 1. The van der Waals surface area contributed by atoms with E-state index >= 15 is 0 Å². The molecule has 6 nitrogen and oxygen atoms in total. The first kappa shape index (κ1) is 18.5. The van der Waals surface area contributed by atoms with E-state index in [0.29, 0.717) is 0 Å². The molecule has 2 N–H and O–H groups in total. The average Bonchev–Trinajstić information content (AvgIpc) is 2.70. The fourth-order valence-electron chi connectivity index (χ4n) is 3.24. The van der Waals surface area contributed by atoms with Crippen molar-refractivity contribution in [3.8, 4) is 0 Å². The normalized spacial score (nSPS) is 24.8. The van der Waals surface area contributed by atoms with Gasteiger partial charge in [-0.05, 0) is 18.1 Å². The van der Waals surface area contributed by atoms with E-state index in [1.54, 1.807) is 6.92 Å². The minimum atomic E-state index is -2.17. The first-order valence-electron chi connectivity index (χ1n) is 8.53. The molecule has 0 spiro atoms.